The minimum atomic E-state index is 0. The van der Waals surface area contributed by atoms with Crippen LogP contribution >= 0.6 is 0 Å². The average molecular weight is 100 g/mol. The summed E-state index contributed by atoms with van der Waals surface area (Å²) in [7, 11) is 1.73. The van der Waals surface area contributed by atoms with Crippen molar-refractivity contribution in [1.29, 1.82) is 0 Å². The standard InChI is InChI=1S/C5H10N2.H2/c1-4-7-5(2)6-3;/h4H,1H2,2-3H3,(H,6,7);1H. The Morgan fingerprint density at radius 3 is 2.71 bits per heavy atom. The van der Waals surface area contributed by atoms with Crippen molar-refractivity contribution in [2.24, 2.45) is 4.99 Å². The summed E-state index contributed by atoms with van der Waals surface area (Å²) in [6.07, 6.45) is 1.60. The van der Waals surface area contributed by atoms with Crippen LogP contribution in [0, 0.1) is 0 Å². The van der Waals surface area contributed by atoms with E-state index in [1.165, 1.54) is 0 Å². The van der Waals surface area contributed by atoms with Crippen LogP contribution in [0.15, 0.2) is 17.8 Å². The first-order valence-electron chi connectivity index (χ1n) is 2.12. The number of amidine groups is 1. The van der Waals surface area contributed by atoms with Gasteiger partial charge in [0, 0.05) is 8.47 Å². The Hall–Kier alpha value is -0.790. The largest absolute Gasteiger partial charge is 0.351 e. The van der Waals surface area contributed by atoms with Crippen molar-refractivity contribution >= 4 is 5.84 Å². The highest BCUT2D eigenvalue weighted by molar-refractivity contribution is 5.80. The van der Waals surface area contributed by atoms with Crippen molar-refractivity contribution in [2.45, 2.75) is 6.92 Å². The molecule has 0 aromatic rings. The van der Waals surface area contributed by atoms with Gasteiger partial charge in [-0.3, -0.25) is 4.99 Å². The van der Waals surface area contributed by atoms with E-state index in [1.807, 2.05) is 6.92 Å². The van der Waals surface area contributed by atoms with E-state index in [9.17, 15) is 0 Å². The summed E-state index contributed by atoms with van der Waals surface area (Å²) in [6, 6.07) is 0. The van der Waals surface area contributed by atoms with E-state index in [1.54, 1.807) is 13.2 Å². The first kappa shape index (κ1) is 6.21. The number of hydrogen-bond donors (Lipinski definition) is 1. The summed E-state index contributed by atoms with van der Waals surface area (Å²) in [5.74, 6) is 0.884. The predicted molar refractivity (Wildman–Crippen MR) is 34.5 cm³/mol. The molecule has 0 spiro atoms. The van der Waals surface area contributed by atoms with Crippen LogP contribution in [0.3, 0.4) is 0 Å². The lowest BCUT2D eigenvalue weighted by Gasteiger charge is -1.92. The Labute approximate surface area is 45.4 Å². The molecule has 2 heteroatoms. The van der Waals surface area contributed by atoms with Crippen LogP contribution in [0.2, 0.25) is 0 Å². The van der Waals surface area contributed by atoms with Crippen LogP contribution in [0.5, 0.6) is 0 Å². The molecule has 0 saturated heterocycles. The summed E-state index contributed by atoms with van der Waals surface area (Å²) in [5, 5.41) is 2.81. The van der Waals surface area contributed by atoms with Gasteiger partial charge in [0.15, 0.2) is 0 Å². The van der Waals surface area contributed by atoms with Crippen LogP contribution in [0.4, 0.5) is 0 Å². The summed E-state index contributed by atoms with van der Waals surface area (Å²) in [4.78, 5) is 3.81. The fourth-order valence-electron chi connectivity index (χ4n) is 0.212. The summed E-state index contributed by atoms with van der Waals surface area (Å²) < 4.78 is 0. The maximum absolute atomic E-state index is 3.81. The van der Waals surface area contributed by atoms with E-state index in [-0.39, 0.29) is 1.43 Å². The molecule has 0 aromatic heterocycles. The molecule has 0 atom stereocenters. The molecule has 0 bridgehead atoms. The van der Waals surface area contributed by atoms with E-state index in [4.69, 9.17) is 0 Å². The lowest BCUT2D eigenvalue weighted by molar-refractivity contribution is 1.22. The fourth-order valence-corrected chi connectivity index (χ4v) is 0.212. The van der Waals surface area contributed by atoms with Gasteiger partial charge in [-0.05, 0) is 13.1 Å². The van der Waals surface area contributed by atoms with Gasteiger partial charge in [0.1, 0.15) is 0 Å². The van der Waals surface area contributed by atoms with E-state index in [0.29, 0.717) is 0 Å². The third kappa shape index (κ3) is 3.03. The molecule has 0 rings (SSSR count). The molecule has 0 heterocycles. The zero-order chi connectivity index (χ0) is 5.70. The molecule has 7 heavy (non-hydrogen) atoms. The van der Waals surface area contributed by atoms with Crippen LogP contribution in [0.25, 0.3) is 0 Å². The maximum Gasteiger partial charge on any atom is 0.0967 e. The highest BCUT2D eigenvalue weighted by Gasteiger charge is 1.74. The minimum absolute atomic E-state index is 0. The number of aliphatic imine (C=N–C) groups is 1. The topological polar surface area (TPSA) is 24.4 Å². The Bertz CT molecular complexity index is 88.4. The monoisotopic (exact) mass is 100 g/mol. The van der Waals surface area contributed by atoms with Gasteiger partial charge < -0.3 is 5.32 Å². The van der Waals surface area contributed by atoms with Gasteiger partial charge in [-0.15, -0.1) is 0 Å². The quantitative estimate of drug-likeness (QED) is 0.386. The highest BCUT2D eigenvalue weighted by Crippen LogP contribution is 1.63. The van der Waals surface area contributed by atoms with Gasteiger partial charge in [0.2, 0.25) is 0 Å². The lowest BCUT2D eigenvalue weighted by atomic mass is 10.7. The van der Waals surface area contributed by atoms with Crippen molar-refractivity contribution in [1.82, 2.24) is 5.32 Å². The smallest absolute Gasteiger partial charge is 0.0967 e. The molecule has 0 amide bonds. The molecular formula is C5H12N2. The zero-order valence-corrected chi connectivity index (χ0v) is 4.73. The summed E-state index contributed by atoms with van der Waals surface area (Å²) >= 11 is 0. The van der Waals surface area contributed by atoms with Crippen LogP contribution < -0.4 is 5.32 Å². The average Bonchev–Trinajstić information content (AvgIpc) is 1.68. The summed E-state index contributed by atoms with van der Waals surface area (Å²) in [6.45, 7) is 5.33. The van der Waals surface area contributed by atoms with Crippen molar-refractivity contribution < 1.29 is 1.43 Å². The highest BCUT2D eigenvalue weighted by atomic mass is 14.9. The molecule has 42 valence electrons. The van der Waals surface area contributed by atoms with E-state index >= 15 is 0 Å². The van der Waals surface area contributed by atoms with Crippen molar-refractivity contribution in [3.05, 3.63) is 12.8 Å². The van der Waals surface area contributed by atoms with Crippen molar-refractivity contribution in [3.8, 4) is 0 Å². The SMILES string of the molecule is C=CNC(C)=NC.[HH]. The number of hydrogen-bond acceptors (Lipinski definition) is 1. The zero-order valence-electron chi connectivity index (χ0n) is 4.73. The summed E-state index contributed by atoms with van der Waals surface area (Å²) in [5.41, 5.74) is 0. The second kappa shape index (κ2) is 3.40. The molecule has 0 aliphatic heterocycles. The van der Waals surface area contributed by atoms with Gasteiger partial charge in [-0.25, -0.2) is 0 Å². The van der Waals surface area contributed by atoms with Crippen LogP contribution in [0.1, 0.15) is 8.35 Å². The first-order valence-corrected chi connectivity index (χ1v) is 2.12. The molecule has 0 aromatic carbocycles. The van der Waals surface area contributed by atoms with Gasteiger partial charge in [0.25, 0.3) is 0 Å². The molecule has 0 radical (unpaired) electrons. The number of nitrogens with zero attached hydrogens (tertiary/aromatic N) is 1. The second-order valence-electron chi connectivity index (χ2n) is 1.16. The molecular weight excluding hydrogens is 88.1 g/mol. The van der Waals surface area contributed by atoms with E-state index in [0.717, 1.165) is 5.84 Å². The number of nitrogens with one attached hydrogen (secondary N) is 1. The van der Waals surface area contributed by atoms with Gasteiger partial charge in [-0.1, -0.05) is 6.58 Å². The van der Waals surface area contributed by atoms with Crippen LogP contribution in [-0.2, 0) is 0 Å². The van der Waals surface area contributed by atoms with Gasteiger partial charge in [0.05, 0.1) is 5.84 Å². The minimum Gasteiger partial charge on any atom is -0.351 e. The molecule has 0 saturated carbocycles. The normalized spacial score (nSPS) is 10.9. The number of rotatable bonds is 1. The fraction of sp³-hybridized carbons (Fsp3) is 0.400. The van der Waals surface area contributed by atoms with Crippen molar-refractivity contribution in [3.63, 3.8) is 0 Å². The van der Waals surface area contributed by atoms with Gasteiger partial charge >= 0.3 is 0 Å². The Balaban J connectivity index is 0. The van der Waals surface area contributed by atoms with E-state index < -0.39 is 0 Å². The van der Waals surface area contributed by atoms with Crippen LogP contribution in [-0.4, -0.2) is 12.9 Å². The first-order chi connectivity index (χ1) is 3.31. The molecule has 0 fully saturated rings. The van der Waals surface area contributed by atoms with E-state index in [2.05, 4.69) is 16.9 Å². The molecule has 0 unspecified atom stereocenters. The van der Waals surface area contributed by atoms with Gasteiger partial charge in [-0.2, -0.15) is 0 Å². The Morgan fingerprint density at radius 2 is 2.57 bits per heavy atom. The molecule has 1 N–H and O–H groups in total. The second-order valence-corrected chi connectivity index (χ2v) is 1.16. The third-order valence-corrected chi connectivity index (χ3v) is 0.646. The molecule has 0 aliphatic rings. The lowest BCUT2D eigenvalue weighted by Crippen LogP contribution is -2.11. The molecule has 2 nitrogen and oxygen atoms in total. The third-order valence-electron chi connectivity index (χ3n) is 0.646. The van der Waals surface area contributed by atoms with Crippen molar-refractivity contribution in [2.75, 3.05) is 7.05 Å². The predicted octanol–water partition coefficient (Wildman–Crippen LogP) is 1.01. The Kier molecular flexibility index (Phi) is 3.02. The molecule has 0 aliphatic carbocycles. The Morgan fingerprint density at radius 1 is 2.00 bits per heavy atom. The maximum atomic E-state index is 3.81.